The molecule has 0 unspecified atom stereocenters. The zero-order valence-corrected chi connectivity index (χ0v) is 13.6. The van der Waals surface area contributed by atoms with Gasteiger partial charge in [0.15, 0.2) is 0 Å². The second-order valence-electron chi connectivity index (χ2n) is 6.11. The molecular weight excluding hydrogens is 312 g/mol. The van der Waals surface area contributed by atoms with E-state index in [4.69, 9.17) is 0 Å². The standard InChI is InChI=1S/C17H18N2O3S/c1-23(21,22)19-15(10-18)17(16(19)11-20)14-8-6-13(7-9-14)5-4-12-2-3-12/h6-9,12,15-17,20H,2-3,11H2,1H3/t15-,16-,17-/m0/s1. The minimum Gasteiger partial charge on any atom is -0.395 e. The summed E-state index contributed by atoms with van der Waals surface area (Å²) in [5.41, 5.74) is 1.77. The van der Waals surface area contributed by atoms with E-state index in [2.05, 4.69) is 11.8 Å². The third-order valence-corrected chi connectivity index (χ3v) is 5.62. The first kappa shape index (κ1) is 16.0. The molecule has 1 heterocycles. The third kappa shape index (κ3) is 3.11. The van der Waals surface area contributed by atoms with Gasteiger partial charge in [-0.2, -0.15) is 9.57 Å². The molecule has 6 heteroatoms. The van der Waals surface area contributed by atoms with Crippen molar-refractivity contribution in [3.63, 3.8) is 0 Å². The number of rotatable bonds is 3. The van der Waals surface area contributed by atoms with Crippen molar-refractivity contribution >= 4 is 10.0 Å². The molecule has 1 saturated carbocycles. The Labute approximate surface area is 136 Å². The summed E-state index contributed by atoms with van der Waals surface area (Å²) in [7, 11) is -3.52. The summed E-state index contributed by atoms with van der Waals surface area (Å²) in [6, 6.07) is 8.19. The van der Waals surface area contributed by atoms with Crippen LogP contribution in [0.15, 0.2) is 24.3 Å². The minimum absolute atomic E-state index is 0.306. The summed E-state index contributed by atoms with van der Waals surface area (Å²) >= 11 is 0. The van der Waals surface area contributed by atoms with Crippen molar-refractivity contribution in [1.29, 1.82) is 5.26 Å². The van der Waals surface area contributed by atoms with E-state index in [0.717, 1.165) is 21.7 Å². The van der Waals surface area contributed by atoms with Crippen LogP contribution < -0.4 is 0 Å². The lowest BCUT2D eigenvalue weighted by Crippen LogP contribution is -2.64. The monoisotopic (exact) mass is 330 g/mol. The summed E-state index contributed by atoms with van der Waals surface area (Å²) in [5, 5.41) is 18.8. The number of hydrogen-bond acceptors (Lipinski definition) is 4. The quantitative estimate of drug-likeness (QED) is 0.840. The van der Waals surface area contributed by atoms with E-state index >= 15 is 0 Å². The van der Waals surface area contributed by atoms with Crippen molar-refractivity contribution < 1.29 is 13.5 Å². The first-order valence-electron chi connectivity index (χ1n) is 7.56. The van der Waals surface area contributed by atoms with E-state index in [1.165, 1.54) is 12.8 Å². The second-order valence-corrected chi connectivity index (χ2v) is 8.00. The number of nitrogens with zero attached hydrogens (tertiary/aromatic N) is 2. The topological polar surface area (TPSA) is 81.4 Å². The fourth-order valence-electron chi connectivity index (χ4n) is 3.02. The first-order chi connectivity index (χ1) is 11.0. The van der Waals surface area contributed by atoms with Gasteiger partial charge in [0, 0.05) is 17.4 Å². The number of nitriles is 1. The summed E-state index contributed by atoms with van der Waals surface area (Å²) in [4.78, 5) is 0. The number of aliphatic hydroxyl groups excluding tert-OH is 1. The van der Waals surface area contributed by atoms with Gasteiger partial charge in [-0.05, 0) is 30.5 Å². The average molecular weight is 330 g/mol. The summed E-state index contributed by atoms with van der Waals surface area (Å²) in [6.07, 6.45) is 3.42. The molecule has 5 nitrogen and oxygen atoms in total. The number of aliphatic hydroxyl groups is 1. The number of sulfonamides is 1. The SMILES string of the molecule is CS(=O)(=O)N1[C@@H](C#N)[C@H](c2ccc(C#CC3CC3)cc2)[C@@H]1CO. The van der Waals surface area contributed by atoms with Crippen LogP contribution in [0, 0.1) is 29.1 Å². The molecule has 0 bridgehead atoms. The van der Waals surface area contributed by atoms with Gasteiger partial charge in [0.25, 0.3) is 0 Å². The first-order valence-corrected chi connectivity index (χ1v) is 9.41. The predicted molar refractivity (Wildman–Crippen MR) is 85.7 cm³/mol. The Bertz CT molecular complexity index is 795. The van der Waals surface area contributed by atoms with Crippen molar-refractivity contribution in [3.8, 4) is 17.9 Å². The highest BCUT2D eigenvalue weighted by Gasteiger charge is 2.53. The van der Waals surface area contributed by atoms with Crippen LogP contribution in [-0.4, -0.2) is 42.8 Å². The van der Waals surface area contributed by atoms with Crippen LogP contribution in [-0.2, 0) is 10.0 Å². The van der Waals surface area contributed by atoms with E-state index in [9.17, 15) is 18.8 Å². The molecule has 3 atom stereocenters. The molecule has 1 N–H and O–H groups in total. The minimum atomic E-state index is -3.52. The van der Waals surface area contributed by atoms with Crippen molar-refractivity contribution in [3.05, 3.63) is 35.4 Å². The molecule has 0 aromatic heterocycles. The lowest BCUT2D eigenvalue weighted by molar-refractivity contribution is 0.0564. The Balaban J connectivity index is 1.83. The van der Waals surface area contributed by atoms with Crippen molar-refractivity contribution in [2.45, 2.75) is 30.8 Å². The fourth-order valence-corrected chi connectivity index (χ4v) is 4.30. The average Bonchev–Trinajstić information content (AvgIpc) is 3.29. The van der Waals surface area contributed by atoms with Crippen LogP contribution in [0.1, 0.15) is 29.9 Å². The predicted octanol–water partition coefficient (Wildman–Crippen LogP) is 1.06. The summed E-state index contributed by atoms with van der Waals surface area (Å²) in [5.74, 6) is 6.53. The molecule has 0 spiro atoms. The van der Waals surface area contributed by atoms with Gasteiger partial charge in [0.05, 0.1) is 25.0 Å². The molecule has 1 saturated heterocycles. The van der Waals surface area contributed by atoms with Gasteiger partial charge in [-0.3, -0.25) is 0 Å². The Hall–Kier alpha value is -1.86. The molecule has 2 aliphatic rings. The van der Waals surface area contributed by atoms with Gasteiger partial charge in [-0.1, -0.05) is 24.0 Å². The van der Waals surface area contributed by atoms with Crippen molar-refractivity contribution in [1.82, 2.24) is 4.31 Å². The lowest BCUT2D eigenvalue weighted by atomic mass is 9.78. The van der Waals surface area contributed by atoms with E-state index < -0.39 is 22.1 Å². The maximum Gasteiger partial charge on any atom is 0.212 e. The normalized spacial score (nSPS) is 27.4. The zero-order valence-electron chi connectivity index (χ0n) is 12.8. The molecular formula is C17H18N2O3S. The summed E-state index contributed by atoms with van der Waals surface area (Å²) in [6.45, 7) is -0.306. The van der Waals surface area contributed by atoms with E-state index in [1.54, 1.807) is 0 Å². The van der Waals surface area contributed by atoms with Crippen molar-refractivity contribution in [2.24, 2.45) is 5.92 Å². The van der Waals surface area contributed by atoms with Crippen molar-refractivity contribution in [2.75, 3.05) is 12.9 Å². The molecule has 2 fully saturated rings. The Morgan fingerprint density at radius 3 is 2.43 bits per heavy atom. The highest BCUT2D eigenvalue weighted by Crippen LogP contribution is 2.41. The molecule has 1 aliphatic carbocycles. The van der Waals surface area contributed by atoms with E-state index in [1.807, 2.05) is 30.3 Å². The maximum absolute atomic E-state index is 11.8. The third-order valence-electron chi connectivity index (χ3n) is 4.35. The number of benzene rings is 1. The summed E-state index contributed by atoms with van der Waals surface area (Å²) < 4.78 is 24.7. The molecule has 0 amide bonds. The molecule has 3 rings (SSSR count). The van der Waals surface area contributed by atoms with Crippen LogP contribution >= 0.6 is 0 Å². The van der Waals surface area contributed by atoms with Crippen LogP contribution in [0.4, 0.5) is 0 Å². The van der Waals surface area contributed by atoms with Gasteiger partial charge < -0.3 is 5.11 Å². The van der Waals surface area contributed by atoms with E-state index in [-0.39, 0.29) is 12.5 Å². The van der Waals surface area contributed by atoms with Crippen LogP contribution in [0.25, 0.3) is 0 Å². The Kier molecular flexibility index (Phi) is 4.16. The highest BCUT2D eigenvalue weighted by molar-refractivity contribution is 7.88. The smallest absolute Gasteiger partial charge is 0.212 e. The lowest BCUT2D eigenvalue weighted by Gasteiger charge is -2.49. The Morgan fingerprint density at radius 1 is 1.30 bits per heavy atom. The largest absolute Gasteiger partial charge is 0.395 e. The van der Waals surface area contributed by atoms with Gasteiger partial charge >= 0.3 is 0 Å². The Morgan fingerprint density at radius 2 is 1.96 bits per heavy atom. The van der Waals surface area contributed by atoms with Gasteiger partial charge in [-0.15, -0.1) is 0 Å². The van der Waals surface area contributed by atoms with Crippen LogP contribution in [0.2, 0.25) is 0 Å². The van der Waals surface area contributed by atoms with Crippen LogP contribution in [0.3, 0.4) is 0 Å². The highest BCUT2D eigenvalue weighted by atomic mass is 32.2. The van der Waals surface area contributed by atoms with Gasteiger partial charge in [0.2, 0.25) is 10.0 Å². The molecule has 1 aromatic carbocycles. The van der Waals surface area contributed by atoms with E-state index in [0.29, 0.717) is 5.92 Å². The molecule has 1 aliphatic heterocycles. The molecule has 0 radical (unpaired) electrons. The van der Waals surface area contributed by atoms with Gasteiger partial charge in [-0.25, -0.2) is 8.42 Å². The zero-order chi connectivity index (χ0) is 16.6. The fraction of sp³-hybridized carbons (Fsp3) is 0.471. The molecule has 23 heavy (non-hydrogen) atoms. The number of hydrogen-bond donors (Lipinski definition) is 1. The van der Waals surface area contributed by atoms with Crippen LogP contribution in [0.5, 0.6) is 0 Å². The molecule has 120 valence electrons. The molecule has 1 aromatic rings. The van der Waals surface area contributed by atoms with Gasteiger partial charge in [0.1, 0.15) is 6.04 Å². The maximum atomic E-state index is 11.8. The second kappa shape index (κ2) is 5.98.